The first kappa shape index (κ1) is 24.1. The van der Waals surface area contributed by atoms with Crippen LogP contribution >= 0.6 is 0 Å². The molecule has 9 nitrogen and oxygen atoms in total. The van der Waals surface area contributed by atoms with Crippen molar-refractivity contribution < 1.29 is 14.7 Å². The van der Waals surface area contributed by atoms with Crippen molar-refractivity contribution in [3.05, 3.63) is 112 Å². The lowest BCUT2D eigenvalue weighted by atomic mass is 9.91. The molecule has 9 heteroatoms. The van der Waals surface area contributed by atoms with Crippen molar-refractivity contribution in [3.8, 4) is 0 Å². The van der Waals surface area contributed by atoms with Crippen molar-refractivity contribution in [3.63, 3.8) is 0 Å². The molecule has 1 atom stereocenters. The summed E-state index contributed by atoms with van der Waals surface area (Å²) in [6.07, 6.45) is 3.38. The maximum atomic E-state index is 13.7. The summed E-state index contributed by atoms with van der Waals surface area (Å²) in [5.41, 5.74) is 3.79. The fraction of sp³-hybridized carbons (Fsp3) is 0.214. The van der Waals surface area contributed by atoms with Gasteiger partial charge in [0.25, 0.3) is 5.91 Å². The number of hydrogen-bond acceptors (Lipinski definition) is 7. The van der Waals surface area contributed by atoms with E-state index in [1.807, 2.05) is 36.4 Å². The normalized spacial score (nSPS) is 15.6. The topological polar surface area (TPSA) is 114 Å². The van der Waals surface area contributed by atoms with E-state index in [1.54, 1.807) is 48.3 Å². The molecule has 1 N–H and O–H groups in total. The van der Waals surface area contributed by atoms with Crippen LogP contribution in [0.2, 0.25) is 0 Å². The number of aromatic nitrogens is 5. The molecule has 37 heavy (non-hydrogen) atoms. The second kappa shape index (κ2) is 9.77. The third-order valence-electron chi connectivity index (χ3n) is 6.43. The number of aliphatic hydroxyl groups excluding tert-OH is 1. The standard InChI is InChI=1S/C28H26N6O3/c1-17(2)20-9-11-22(12-10-20)26(35)24-25(21-7-5-19(6-8-21)16-33-15-14-29-32-33)34(28(37)27(24)36)23-13-4-18(3)30-31-23/h4-15,17,25,36H,16H2,1-3H3. The van der Waals surface area contributed by atoms with Crippen LogP contribution in [-0.4, -0.2) is 42.0 Å². The summed E-state index contributed by atoms with van der Waals surface area (Å²) in [5, 5.41) is 27.0. The van der Waals surface area contributed by atoms with Gasteiger partial charge < -0.3 is 5.11 Å². The van der Waals surface area contributed by atoms with Crippen molar-refractivity contribution >= 4 is 17.5 Å². The number of amides is 1. The average molecular weight is 495 g/mol. The summed E-state index contributed by atoms with van der Waals surface area (Å²) in [5.74, 6) is -1.14. The first-order valence-corrected chi connectivity index (χ1v) is 12.0. The lowest BCUT2D eigenvalue weighted by molar-refractivity contribution is -0.117. The molecule has 2 aromatic heterocycles. The van der Waals surface area contributed by atoms with Crippen LogP contribution in [0.15, 0.2) is 84.4 Å². The fourth-order valence-corrected chi connectivity index (χ4v) is 4.39. The van der Waals surface area contributed by atoms with Crippen LogP contribution in [0.25, 0.3) is 0 Å². The summed E-state index contributed by atoms with van der Waals surface area (Å²) in [7, 11) is 0. The van der Waals surface area contributed by atoms with E-state index in [0.29, 0.717) is 29.3 Å². The quantitative estimate of drug-likeness (QED) is 0.380. The van der Waals surface area contributed by atoms with Crippen LogP contribution in [0.5, 0.6) is 0 Å². The molecule has 3 heterocycles. The van der Waals surface area contributed by atoms with Crippen molar-refractivity contribution in [1.82, 2.24) is 25.2 Å². The Balaban J connectivity index is 1.56. The minimum atomic E-state index is -0.873. The minimum absolute atomic E-state index is 0.00805. The molecular weight excluding hydrogens is 468 g/mol. The number of Topliss-reactive ketones (excluding diaryl/α,β-unsaturated/α-hetero) is 1. The molecule has 5 rings (SSSR count). The lowest BCUT2D eigenvalue weighted by Gasteiger charge is -2.26. The van der Waals surface area contributed by atoms with Crippen LogP contribution in [0.4, 0.5) is 5.82 Å². The molecule has 0 saturated carbocycles. The Morgan fingerprint density at radius 1 is 1.00 bits per heavy atom. The van der Waals surface area contributed by atoms with Crippen LogP contribution < -0.4 is 4.90 Å². The molecular formula is C28H26N6O3. The summed E-state index contributed by atoms with van der Waals surface area (Å²) in [6.45, 7) is 6.46. The predicted octanol–water partition coefficient (Wildman–Crippen LogP) is 4.33. The second-order valence-electron chi connectivity index (χ2n) is 9.32. The highest BCUT2D eigenvalue weighted by Crippen LogP contribution is 2.41. The van der Waals surface area contributed by atoms with E-state index in [9.17, 15) is 14.7 Å². The highest BCUT2D eigenvalue weighted by Gasteiger charge is 2.45. The first-order valence-electron chi connectivity index (χ1n) is 12.0. The maximum Gasteiger partial charge on any atom is 0.295 e. The Bertz CT molecular complexity index is 1460. The largest absolute Gasteiger partial charge is 0.503 e. The van der Waals surface area contributed by atoms with Crippen LogP contribution in [0, 0.1) is 6.92 Å². The van der Waals surface area contributed by atoms with Gasteiger partial charge in [-0.05, 0) is 41.7 Å². The highest BCUT2D eigenvalue weighted by atomic mass is 16.3. The van der Waals surface area contributed by atoms with Gasteiger partial charge in [0, 0.05) is 11.8 Å². The lowest BCUT2D eigenvalue weighted by Crippen LogP contribution is -2.32. The molecule has 1 aliphatic rings. The number of anilines is 1. The number of carbonyl (C=O) groups is 2. The monoisotopic (exact) mass is 494 g/mol. The number of hydrogen-bond donors (Lipinski definition) is 1. The molecule has 4 aromatic rings. The van der Waals surface area contributed by atoms with E-state index in [-0.39, 0.29) is 11.4 Å². The summed E-state index contributed by atoms with van der Waals surface area (Å²) >= 11 is 0. The molecule has 0 radical (unpaired) electrons. The van der Waals surface area contributed by atoms with Gasteiger partial charge in [-0.15, -0.1) is 10.2 Å². The van der Waals surface area contributed by atoms with E-state index in [0.717, 1.165) is 11.1 Å². The number of carbonyl (C=O) groups excluding carboxylic acids is 2. The molecule has 1 aliphatic heterocycles. The van der Waals surface area contributed by atoms with Crippen LogP contribution in [0.1, 0.15) is 58.5 Å². The first-order chi connectivity index (χ1) is 17.8. The molecule has 1 amide bonds. The molecule has 0 aliphatic carbocycles. The Morgan fingerprint density at radius 2 is 1.73 bits per heavy atom. The van der Waals surface area contributed by atoms with Crippen molar-refractivity contribution in [2.24, 2.45) is 0 Å². The van der Waals surface area contributed by atoms with Crippen molar-refractivity contribution in [1.29, 1.82) is 0 Å². The molecule has 0 fully saturated rings. The average Bonchev–Trinajstić information content (AvgIpc) is 3.51. The number of nitrogens with zero attached hydrogens (tertiary/aromatic N) is 6. The van der Waals surface area contributed by atoms with Gasteiger partial charge >= 0.3 is 0 Å². The summed E-state index contributed by atoms with van der Waals surface area (Å²) < 4.78 is 1.70. The zero-order chi connectivity index (χ0) is 26.1. The SMILES string of the molecule is Cc1ccc(N2C(=O)C(O)=C(C(=O)c3ccc(C(C)C)cc3)C2c2ccc(Cn3ccnn3)cc2)nn1. The van der Waals surface area contributed by atoms with E-state index >= 15 is 0 Å². The van der Waals surface area contributed by atoms with Crippen molar-refractivity contribution in [2.75, 3.05) is 4.90 Å². The molecule has 1 unspecified atom stereocenters. The van der Waals surface area contributed by atoms with Crippen molar-refractivity contribution in [2.45, 2.75) is 39.3 Å². The zero-order valence-corrected chi connectivity index (χ0v) is 20.7. The maximum absolute atomic E-state index is 13.7. The third-order valence-corrected chi connectivity index (χ3v) is 6.43. The predicted molar refractivity (Wildman–Crippen MR) is 137 cm³/mol. The van der Waals surface area contributed by atoms with E-state index < -0.39 is 23.5 Å². The van der Waals surface area contributed by atoms with Crippen LogP contribution in [0.3, 0.4) is 0 Å². The van der Waals surface area contributed by atoms with Gasteiger partial charge in [-0.1, -0.05) is 67.6 Å². The molecule has 0 spiro atoms. The van der Waals surface area contributed by atoms with Gasteiger partial charge in [0.05, 0.1) is 30.1 Å². The van der Waals surface area contributed by atoms with E-state index in [1.165, 1.54) is 4.90 Å². The van der Waals surface area contributed by atoms with Gasteiger partial charge in [-0.25, -0.2) is 4.68 Å². The van der Waals surface area contributed by atoms with Gasteiger partial charge in [0.1, 0.15) is 0 Å². The molecule has 0 saturated heterocycles. The number of aliphatic hydroxyl groups is 1. The van der Waals surface area contributed by atoms with Gasteiger partial charge in [-0.3, -0.25) is 14.5 Å². The van der Waals surface area contributed by atoms with E-state index in [2.05, 4.69) is 34.4 Å². The van der Waals surface area contributed by atoms with Gasteiger partial charge in [0.2, 0.25) is 0 Å². The Morgan fingerprint density at radius 3 is 2.32 bits per heavy atom. The summed E-state index contributed by atoms with van der Waals surface area (Å²) in [4.78, 5) is 28.4. The fourth-order valence-electron chi connectivity index (χ4n) is 4.39. The Labute approximate surface area is 214 Å². The number of benzene rings is 2. The van der Waals surface area contributed by atoms with Crippen LogP contribution in [-0.2, 0) is 11.3 Å². The van der Waals surface area contributed by atoms with Gasteiger partial charge in [-0.2, -0.15) is 5.10 Å². The Hall–Kier alpha value is -4.66. The minimum Gasteiger partial charge on any atom is -0.503 e. The highest BCUT2D eigenvalue weighted by molar-refractivity contribution is 6.20. The molecule has 186 valence electrons. The summed E-state index contributed by atoms with van der Waals surface area (Å²) in [6, 6.07) is 17.2. The zero-order valence-electron chi connectivity index (χ0n) is 20.7. The van der Waals surface area contributed by atoms with E-state index in [4.69, 9.17) is 0 Å². The number of ketones is 1. The molecule has 0 bridgehead atoms. The number of aryl methyl sites for hydroxylation is 1. The second-order valence-corrected chi connectivity index (χ2v) is 9.32. The molecule has 2 aromatic carbocycles. The Kier molecular flexibility index (Phi) is 6.35. The smallest absolute Gasteiger partial charge is 0.295 e. The van der Waals surface area contributed by atoms with Gasteiger partial charge in [0.15, 0.2) is 17.4 Å². The number of rotatable bonds is 7. The third kappa shape index (κ3) is 4.63.